The van der Waals surface area contributed by atoms with Crippen LogP contribution < -0.4 is 0 Å². The molecule has 0 aromatic heterocycles. The Kier molecular flexibility index (Phi) is 4.20. The number of rotatable bonds is 4. The fraction of sp³-hybridized carbons (Fsp3) is 0.118. The fourth-order valence-corrected chi connectivity index (χ4v) is 1.92. The van der Waals surface area contributed by atoms with Gasteiger partial charge in [0.2, 0.25) is 0 Å². The molecule has 0 aliphatic heterocycles. The second-order valence-electron chi connectivity index (χ2n) is 4.50. The topological polar surface area (TPSA) is 57.5 Å². The SMILES string of the molecule is CCc1cc(/C=C/c2ccc(C(=O)O)cc2)ccc1O. The maximum atomic E-state index is 10.8. The molecule has 2 aromatic carbocycles. The van der Waals surface area contributed by atoms with Crippen LogP contribution >= 0.6 is 0 Å². The minimum atomic E-state index is -0.924. The van der Waals surface area contributed by atoms with Crippen molar-refractivity contribution in [2.45, 2.75) is 13.3 Å². The third-order valence-corrected chi connectivity index (χ3v) is 3.11. The Morgan fingerprint density at radius 2 is 1.65 bits per heavy atom. The van der Waals surface area contributed by atoms with Crippen molar-refractivity contribution in [1.29, 1.82) is 0 Å². The lowest BCUT2D eigenvalue weighted by molar-refractivity contribution is 0.0697. The number of phenolic OH excluding ortho intramolecular Hbond substituents is 1. The van der Waals surface area contributed by atoms with Crippen LogP contribution in [0.2, 0.25) is 0 Å². The van der Waals surface area contributed by atoms with Gasteiger partial charge in [0.1, 0.15) is 5.75 Å². The van der Waals surface area contributed by atoms with Crippen LogP contribution in [-0.4, -0.2) is 16.2 Å². The van der Waals surface area contributed by atoms with Crippen LogP contribution in [0.3, 0.4) is 0 Å². The Balaban J connectivity index is 2.18. The molecule has 3 nitrogen and oxygen atoms in total. The summed E-state index contributed by atoms with van der Waals surface area (Å²) >= 11 is 0. The molecule has 0 aliphatic carbocycles. The molecule has 0 radical (unpaired) electrons. The summed E-state index contributed by atoms with van der Waals surface area (Å²) in [5, 5.41) is 18.4. The smallest absolute Gasteiger partial charge is 0.335 e. The number of aryl methyl sites for hydroxylation is 1. The molecule has 2 rings (SSSR count). The molecule has 0 saturated heterocycles. The predicted molar refractivity (Wildman–Crippen MR) is 79.8 cm³/mol. The number of aromatic carboxylic acids is 1. The van der Waals surface area contributed by atoms with E-state index in [-0.39, 0.29) is 5.56 Å². The number of benzene rings is 2. The summed E-state index contributed by atoms with van der Waals surface area (Å²) in [6.07, 6.45) is 4.63. The molecule has 0 aliphatic rings. The highest BCUT2D eigenvalue weighted by Crippen LogP contribution is 2.20. The van der Waals surface area contributed by atoms with Gasteiger partial charge in [0, 0.05) is 0 Å². The highest BCUT2D eigenvalue weighted by molar-refractivity contribution is 5.88. The summed E-state index contributed by atoms with van der Waals surface area (Å²) in [4.78, 5) is 10.8. The van der Waals surface area contributed by atoms with Gasteiger partial charge in [-0.05, 0) is 47.4 Å². The summed E-state index contributed by atoms with van der Waals surface area (Å²) in [5.74, 6) is -0.609. The average Bonchev–Trinajstić information content (AvgIpc) is 2.46. The van der Waals surface area contributed by atoms with Crippen LogP contribution in [0.15, 0.2) is 42.5 Å². The Hall–Kier alpha value is -2.55. The maximum Gasteiger partial charge on any atom is 0.335 e. The van der Waals surface area contributed by atoms with Gasteiger partial charge in [-0.25, -0.2) is 4.79 Å². The molecular formula is C17H16O3. The van der Waals surface area contributed by atoms with Crippen molar-refractivity contribution in [1.82, 2.24) is 0 Å². The molecule has 0 unspecified atom stereocenters. The van der Waals surface area contributed by atoms with Gasteiger partial charge < -0.3 is 10.2 Å². The van der Waals surface area contributed by atoms with Crippen molar-refractivity contribution in [3.8, 4) is 5.75 Å². The summed E-state index contributed by atoms with van der Waals surface area (Å²) in [6, 6.07) is 12.2. The molecule has 2 aromatic rings. The monoisotopic (exact) mass is 268 g/mol. The first kappa shape index (κ1) is 13.9. The second-order valence-corrected chi connectivity index (χ2v) is 4.50. The molecule has 102 valence electrons. The zero-order chi connectivity index (χ0) is 14.5. The average molecular weight is 268 g/mol. The van der Waals surface area contributed by atoms with E-state index in [0.29, 0.717) is 5.75 Å². The Labute approximate surface area is 117 Å². The van der Waals surface area contributed by atoms with Crippen molar-refractivity contribution >= 4 is 18.1 Å². The van der Waals surface area contributed by atoms with E-state index >= 15 is 0 Å². The van der Waals surface area contributed by atoms with E-state index in [2.05, 4.69) is 0 Å². The van der Waals surface area contributed by atoms with E-state index in [1.165, 1.54) is 0 Å². The molecule has 0 heterocycles. The van der Waals surface area contributed by atoms with Crippen molar-refractivity contribution in [3.63, 3.8) is 0 Å². The number of carboxylic acids is 1. The predicted octanol–water partition coefficient (Wildman–Crippen LogP) is 3.82. The zero-order valence-electron chi connectivity index (χ0n) is 11.2. The maximum absolute atomic E-state index is 10.8. The van der Waals surface area contributed by atoms with Gasteiger partial charge in [-0.1, -0.05) is 37.3 Å². The largest absolute Gasteiger partial charge is 0.508 e. The van der Waals surface area contributed by atoms with Crippen LogP contribution in [-0.2, 0) is 6.42 Å². The van der Waals surface area contributed by atoms with Gasteiger partial charge in [0.25, 0.3) is 0 Å². The molecule has 0 bridgehead atoms. The van der Waals surface area contributed by atoms with Crippen LogP contribution in [0, 0.1) is 0 Å². The van der Waals surface area contributed by atoms with Crippen molar-refractivity contribution in [2.75, 3.05) is 0 Å². The van der Waals surface area contributed by atoms with E-state index in [4.69, 9.17) is 5.11 Å². The number of aromatic hydroxyl groups is 1. The second kappa shape index (κ2) is 6.06. The van der Waals surface area contributed by atoms with Crippen molar-refractivity contribution < 1.29 is 15.0 Å². The number of carboxylic acid groups (broad SMARTS) is 1. The number of hydrogen-bond donors (Lipinski definition) is 2. The third kappa shape index (κ3) is 3.26. The molecule has 20 heavy (non-hydrogen) atoms. The van der Waals surface area contributed by atoms with Gasteiger partial charge in [-0.15, -0.1) is 0 Å². The first-order chi connectivity index (χ1) is 9.60. The van der Waals surface area contributed by atoms with Gasteiger partial charge >= 0.3 is 5.97 Å². The minimum absolute atomic E-state index is 0.278. The van der Waals surface area contributed by atoms with Gasteiger partial charge in [0.05, 0.1) is 5.56 Å². The van der Waals surface area contributed by atoms with Crippen LogP contribution in [0.5, 0.6) is 5.75 Å². The van der Waals surface area contributed by atoms with Crippen LogP contribution in [0.1, 0.15) is 34.0 Å². The lowest BCUT2D eigenvalue weighted by atomic mass is 10.1. The standard InChI is InChI=1S/C17H16O3/c1-2-14-11-13(7-10-16(14)18)4-3-12-5-8-15(9-6-12)17(19)20/h3-11,18H,2H2,1H3,(H,19,20)/b4-3+. The van der Waals surface area contributed by atoms with Gasteiger partial charge in [0.15, 0.2) is 0 Å². The summed E-state index contributed by atoms with van der Waals surface area (Å²) in [5.41, 5.74) is 3.12. The third-order valence-electron chi connectivity index (χ3n) is 3.11. The van der Waals surface area contributed by atoms with E-state index < -0.39 is 5.97 Å². The Morgan fingerprint density at radius 3 is 2.25 bits per heavy atom. The summed E-state index contributed by atoms with van der Waals surface area (Å²) < 4.78 is 0. The zero-order valence-corrected chi connectivity index (χ0v) is 11.2. The quantitative estimate of drug-likeness (QED) is 0.829. The first-order valence-electron chi connectivity index (χ1n) is 6.43. The lowest BCUT2D eigenvalue weighted by Gasteiger charge is -2.02. The number of hydrogen-bond acceptors (Lipinski definition) is 2. The van der Waals surface area contributed by atoms with Crippen molar-refractivity contribution in [2.24, 2.45) is 0 Å². The molecule has 0 spiro atoms. The van der Waals surface area contributed by atoms with Crippen LogP contribution in [0.25, 0.3) is 12.2 Å². The van der Waals surface area contributed by atoms with Gasteiger partial charge in [-0.2, -0.15) is 0 Å². The molecule has 0 saturated carbocycles. The molecule has 3 heteroatoms. The summed E-state index contributed by atoms with van der Waals surface area (Å²) in [6.45, 7) is 1.99. The summed E-state index contributed by atoms with van der Waals surface area (Å²) in [7, 11) is 0. The van der Waals surface area contributed by atoms with E-state index in [9.17, 15) is 9.90 Å². The van der Waals surface area contributed by atoms with Gasteiger partial charge in [-0.3, -0.25) is 0 Å². The molecule has 0 atom stereocenters. The lowest BCUT2D eigenvalue weighted by Crippen LogP contribution is -1.94. The Morgan fingerprint density at radius 1 is 1.05 bits per heavy atom. The molecule has 0 fully saturated rings. The number of phenols is 1. The van der Waals surface area contributed by atoms with Crippen molar-refractivity contribution in [3.05, 3.63) is 64.7 Å². The molecule has 2 N–H and O–H groups in total. The number of carbonyl (C=O) groups is 1. The fourth-order valence-electron chi connectivity index (χ4n) is 1.92. The normalized spacial score (nSPS) is 10.8. The van der Waals surface area contributed by atoms with Crippen LogP contribution in [0.4, 0.5) is 0 Å². The molecule has 0 amide bonds. The highest BCUT2D eigenvalue weighted by atomic mass is 16.4. The highest BCUT2D eigenvalue weighted by Gasteiger charge is 2.01. The van der Waals surface area contributed by atoms with E-state index in [1.807, 2.05) is 31.2 Å². The molecular weight excluding hydrogens is 252 g/mol. The van der Waals surface area contributed by atoms with E-state index in [0.717, 1.165) is 23.1 Å². The Bertz CT molecular complexity index is 640. The minimum Gasteiger partial charge on any atom is -0.508 e. The first-order valence-corrected chi connectivity index (χ1v) is 6.43. The van der Waals surface area contributed by atoms with E-state index in [1.54, 1.807) is 30.3 Å².